The minimum atomic E-state index is -1.58. The van der Waals surface area contributed by atoms with E-state index in [4.69, 9.17) is 0 Å². The van der Waals surface area contributed by atoms with E-state index < -0.39 is 33.9 Å². The lowest BCUT2D eigenvalue weighted by molar-refractivity contribution is -0.385. The summed E-state index contributed by atoms with van der Waals surface area (Å²) in [6.07, 6.45) is -0.0193. The highest BCUT2D eigenvalue weighted by molar-refractivity contribution is 6.28. The summed E-state index contributed by atoms with van der Waals surface area (Å²) in [6.45, 7) is 3.22. The molecule has 0 aliphatic heterocycles. The molecule has 0 N–H and O–H groups in total. The molecular formula is C19H17NO5. The Balaban J connectivity index is 2.55. The summed E-state index contributed by atoms with van der Waals surface area (Å²) < 4.78 is 0. The van der Waals surface area contributed by atoms with Crippen LogP contribution in [0.5, 0.6) is 0 Å². The Bertz CT molecular complexity index is 842. The fraction of sp³-hybridized carbons (Fsp3) is 0.211. The van der Waals surface area contributed by atoms with Crippen LogP contribution in [0, 0.1) is 23.0 Å². The van der Waals surface area contributed by atoms with Crippen LogP contribution in [-0.2, 0) is 4.79 Å². The minimum Gasteiger partial charge on any atom is -0.298 e. The SMILES string of the molecule is CCC(=O)C(C(=O)c1ccccc1)C(=O)c1cc(C)ccc1[N+](=O)[O-]. The van der Waals surface area contributed by atoms with Crippen molar-refractivity contribution in [2.24, 2.45) is 5.92 Å². The van der Waals surface area contributed by atoms with Gasteiger partial charge in [-0.3, -0.25) is 24.5 Å². The predicted molar refractivity (Wildman–Crippen MR) is 91.7 cm³/mol. The quantitative estimate of drug-likeness (QED) is 0.333. The number of nitro groups is 1. The summed E-state index contributed by atoms with van der Waals surface area (Å²) >= 11 is 0. The van der Waals surface area contributed by atoms with Crippen LogP contribution < -0.4 is 0 Å². The van der Waals surface area contributed by atoms with E-state index >= 15 is 0 Å². The van der Waals surface area contributed by atoms with Crippen molar-refractivity contribution in [1.82, 2.24) is 0 Å². The molecule has 0 aliphatic carbocycles. The van der Waals surface area contributed by atoms with Crippen LogP contribution in [0.1, 0.15) is 39.6 Å². The third-order valence-corrected chi connectivity index (χ3v) is 3.87. The average Bonchev–Trinajstić information content (AvgIpc) is 2.61. The molecule has 0 radical (unpaired) electrons. The Hall–Kier alpha value is -3.15. The van der Waals surface area contributed by atoms with Crippen LogP contribution >= 0.6 is 0 Å². The van der Waals surface area contributed by atoms with E-state index in [9.17, 15) is 24.5 Å². The molecule has 0 aliphatic rings. The van der Waals surface area contributed by atoms with Gasteiger partial charge >= 0.3 is 0 Å². The van der Waals surface area contributed by atoms with Gasteiger partial charge in [0.25, 0.3) is 5.69 Å². The number of benzene rings is 2. The Labute approximate surface area is 144 Å². The standard InChI is InChI=1S/C19H17NO5/c1-3-16(21)17(18(22)13-7-5-4-6-8-13)19(23)14-11-12(2)9-10-15(14)20(24)25/h4-11,17H,3H2,1-2H3. The normalized spacial score (nSPS) is 11.6. The van der Waals surface area contributed by atoms with Crippen LogP contribution in [0.3, 0.4) is 0 Å². The van der Waals surface area contributed by atoms with Crippen LogP contribution in [0.4, 0.5) is 5.69 Å². The number of carbonyl (C=O) groups is 3. The maximum Gasteiger partial charge on any atom is 0.280 e. The summed E-state index contributed by atoms with van der Waals surface area (Å²) in [4.78, 5) is 48.4. The Morgan fingerprint density at radius 1 is 1.04 bits per heavy atom. The molecule has 0 fully saturated rings. The second-order valence-corrected chi connectivity index (χ2v) is 5.63. The highest BCUT2D eigenvalue weighted by Gasteiger charge is 2.36. The van der Waals surface area contributed by atoms with Gasteiger partial charge in [0.15, 0.2) is 17.3 Å². The monoisotopic (exact) mass is 339 g/mol. The van der Waals surface area contributed by atoms with Crippen molar-refractivity contribution in [2.45, 2.75) is 20.3 Å². The lowest BCUT2D eigenvalue weighted by Crippen LogP contribution is -2.32. The molecule has 2 aromatic carbocycles. The van der Waals surface area contributed by atoms with Gasteiger partial charge in [0, 0.05) is 18.1 Å². The topological polar surface area (TPSA) is 94.3 Å². The lowest BCUT2D eigenvalue weighted by atomic mass is 9.85. The first-order valence-electron chi connectivity index (χ1n) is 7.78. The summed E-state index contributed by atoms with van der Waals surface area (Å²) in [6, 6.07) is 12.0. The molecule has 0 aromatic heterocycles. The van der Waals surface area contributed by atoms with Crippen molar-refractivity contribution in [2.75, 3.05) is 0 Å². The molecule has 0 heterocycles. The first kappa shape index (κ1) is 18.2. The first-order chi connectivity index (χ1) is 11.9. The summed E-state index contributed by atoms with van der Waals surface area (Å²) in [5.41, 5.74) is 0.216. The first-order valence-corrected chi connectivity index (χ1v) is 7.78. The van der Waals surface area contributed by atoms with Gasteiger partial charge in [0.2, 0.25) is 0 Å². The molecule has 2 rings (SSSR count). The average molecular weight is 339 g/mol. The molecular weight excluding hydrogens is 322 g/mol. The number of Topliss-reactive ketones (excluding diaryl/α,β-unsaturated/α-hetero) is 3. The zero-order valence-corrected chi connectivity index (χ0v) is 13.9. The van der Waals surface area contributed by atoms with E-state index in [-0.39, 0.29) is 17.5 Å². The third-order valence-electron chi connectivity index (χ3n) is 3.87. The number of hydrogen-bond acceptors (Lipinski definition) is 5. The summed E-state index contributed by atoms with van der Waals surface area (Å²) in [5.74, 6) is -3.62. The second-order valence-electron chi connectivity index (χ2n) is 5.63. The van der Waals surface area contributed by atoms with Gasteiger partial charge in [-0.1, -0.05) is 43.3 Å². The summed E-state index contributed by atoms with van der Waals surface area (Å²) in [7, 11) is 0. The van der Waals surface area contributed by atoms with Crippen LogP contribution in [0.15, 0.2) is 48.5 Å². The number of nitrogens with zero attached hydrogens (tertiary/aromatic N) is 1. The molecule has 0 spiro atoms. The van der Waals surface area contributed by atoms with Gasteiger partial charge in [-0.2, -0.15) is 0 Å². The highest BCUT2D eigenvalue weighted by atomic mass is 16.6. The van der Waals surface area contributed by atoms with Crippen molar-refractivity contribution >= 4 is 23.0 Å². The van der Waals surface area contributed by atoms with Gasteiger partial charge in [-0.15, -0.1) is 0 Å². The van der Waals surface area contributed by atoms with Crippen molar-refractivity contribution < 1.29 is 19.3 Å². The van der Waals surface area contributed by atoms with Gasteiger partial charge in [-0.05, 0) is 18.6 Å². The Kier molecular flexibility index (Phi) is 5.54. The van der Waals surface area contributed by atoms with Crippen molar-refractivity contribution in [3.8, 4) is 0 Å². The predicted octanol–water partition coefficient (Wildman–Crippen LogP) is 3.56. The summed E-state index contributed by atoms with van der Waals surface area (Å²) in [5, 5.41) is 11.2. The number of nitro benzene ring substituents is 1. The third kappa shape index (κ3) is 3.85. The largest absolute Gasteiger partial charge is 0.298 e. The van der Waals surface area contributed by atoms with Crippen LogP contribution in [-0.4, -0.2) is 22.3 Å². The molecule has 0 bridgehead atoms. The number of aryl methyl sites for hydroxylation is 1. The maximum absolute atomic E-state index is 12.9. The molecule has 0 saturated carbocycles. The molecule has 6 heteroatoms. The van der Waals surface area contributed by atoms with Gasteiger partial charge < -0.3 is 0 Å². The molecule has 25 heavy (non-hydrogen) atoms. The zero-order chi connectivity index (χ0) is 18.6. The molecule has 128 valence electrons. The maximum atomic E-state index is 12.9. The number of hydrogen-bond donors (Lipinski definition) is 0. The second kappa shape index (κ2) is 7.61. The smallest absolute Gasteiger partial charge is 0.280 e. The Morgan fingerprint density at radius 3 is 2.24 bits per heavy atom. The van der Waals surface area contributed by atoms with Gasteiger partial charge in [0.1, 0.15) is 5.92 Å². The number of rotatable bonds is 7. The zero-order valence-electron chi connectivity index (χ0n) is 13.9. The van der Waals surface area contributed by atoms with E-state index in [0.29, 0.717) is 5.56 Å². The van der Waals surface area contributed by atoms with E-state index in [1.807, 2.05) is 0 Å². The van der Waals surface area contributed by atoms with Crippen molar-refractivity contribution in [3.05, 3.63) is 75.3 Å². The fourth-order valence-corrected chi connectivity index (χ4v) is 2.55. The van der Waals surface area contributed by atoms with Crippen molar-refractivity contribution in [3.63, 3.8) is 0 Å². The number of carbonyl (C=O) groups excluding carboxylic acids is 3. The van der Waals surface area contributed by atoms with E-state index in [1.165, 1.54) is 30.3 Å². The molecule has 6 nitrogen and oxygen atoms in total. The van der Waals surface area contributed by atoms with Gasteiger partial charge in [-0.25, -0.2) is 0 Å². The van der Waals surface area contributed by atoms with Crippen molar-refractivity contribution in [1.29, 1.82) is 0 Å². The molecule has 1 atom stereocenters. The Morgan fingerprint density at radius 2 is 1.68 bits per heavy atom. The molecule has 0 saturated heterocycles. The molecule has 0 amide bonds. The van der Waals surface area contributed by atoms with E-state index in [2.05, 4.69) is 0 Å². The highest BCUT2D eigenvalue weighted by Crippen LogP contribution is 2.25. The molecule has 2 aromatic rings. The van der Waals surface area contributed by atoms with Crippen LogP contribution in [0.2, 0.25) is 0 Å². The lowest BCUT2D eigenvalue weighted by Gasteiger charge is -2.14. The fourth-order valence-electron chi connectivity index (χ4n) is 2.55. The number of ketones is 3. The van der Waals surface area contributed by atoms with E-state index in [1.54, 1.807) is 32.0 Å². The van der Waals surface area contributed by atoms with Gasteiger partial charge in [0.05, 0.1) is 10.5 Å². The van der Waals surface area contributed by atoms with E-state index in [0.717, 1.165) is 0 Å². The molecule has 1 unspecified atom stereocenters. The minimum absolute atomic E-state index is 0.0193. The van der Waals surface area contributed by atoms with Crippen LogP contribution in [0.25, 0.3) is 0 Å².